The molecule has 0 aliphatic carbocycles. The number of methoxy groups -OCH3 is 1. The van der Waals surface area contributed by atoms with E-state index in [1.165, 1.54) is 7.11 Å². The Bertz CT molecular complexity index is 1270. The van der Waals surface area contributed by atoms with Gasteiger partial charge in [-0.15, -0.1) is 5.10 Å². The predicted molar refractivity (Wildman–Crippen MR) is 121 cm³/mol. The molecule has 0 radical (unpaired) electrons. The average Bonchev–Trinajstić information content (AvgIpc) is 3.38. The summed E-state index contributed by atoms with van der Waals surface area (Å²) in [7, 11) is 1.46. The van der Waals surface area contributed by atoms with Gasteiger partial charge in [-0.1, -0.05) is 17.3 Å². The van der Waals surface area contributed by atoms with E-state index in [1.807, 2.05) is 0 Å². The number of aliphatic carboxylic acids is 1. The number of rotatable bonds is 9. The maximum atomic E-state index is 13.7. The molecule has 0 spiro atoms. The summed E-state index contributed by atoms with van der Waals surface area (Å²) in [5, 5.41) is 49.0. The smallest absolute Gasteiger partial charge is 0.335 e. The Morgan fingerprint density at radius 3 is 2.50 bits per heavy atom. The quantitative estimate of drug-likeness (QED) is 0.290. The van der Waals surface area contributed by atoms with Crippen molar-refractivity contribution < 1.29 is 52.6 Å². The normalized spacial score (nSPS) is 24.2. The Morgan fingerprint density at radius 1 is 1.16 bits per heavy atom. The Kier molecular flexibility index (Phi) is 8.28. The number of hydrogen-bond donors (Lipinski definition) is 4. The first-order valence-electron chi connectivity index (χ1n) is 11.3. The van der Waals surface area contributed by atoms with Gasteiger partial charge in [0.1, 0.15) is 41.9 Å². The fraction of sp³-hybridized carbons (Fsp3) is 0.375. The molecule has 1 saturated heterocycles. The lowest BCUT2D eigenvalue weighted by Gasteiger charge is -2.43. The van der Waals surface area contributed by atoms with Crippen LogP contribution in [0, 0.1) is 17.5 Å². The lowest BCUT2D eigenvalue weighted by molar-refractivity contribution is -0.238. The zero-order valence-electron chi connectivity index (χ0n) is 19.8. The molecule has 1 aromatic heterocycles. The molecule has 0 amide bonds. The van der Waals surface area contributed by atoms with Crippen molar-refractivity contribution in [2.45, 2.75) is 43.2 Å². The van der Waals surface area contributed by atoms with Gasteiger partial charge in [-0.25, -0.2) is 22.6 Å². The number of aliphatic hydroxyl groups is 3. The van der Waals surface area contributed by atoms with Crippen LogP contribution in [0.25, 0.3) is 11.3 Å². The standard InChI is InChI=1S/C24H24F3N3O8/c1-36-13-4-2-3-11(5-13)10-37-23(24(34)35)22-21(33)19(20(32)17(9-31)38-22)30-8-16(28-29-30)12-6-14(25)18(27)15(26)7-12/h2-8,17,19-23,31-33H,9-10H2,1H3,(H,34,35)/t17?,19?,20-,21?,22+,23-/m0/s1. The van der Waals surface area contributed by atoms with E-state index in [1.54, 1.807) is 24.3 Å². The summed E-state index contributed by atoms with van der Waals surface area (Å²) in [4.78, 5) is 12.1. The zero-order chi connectivity index (χ0) is 27.6. The number of ether oxygens (including phenoxy) is 3. The number of aliphatic hydroxyl groups excluding tert-OH is 3. The highest BCUT2D eigenvalue weighted by Gasteiger charge is 2.50. The van der Waals surface area contributed by atoms with Crippen LogP contribution in [0.3, 0.4) is 0 Å². The van der Waals surface area contributed by atoms with E-state index < -0.39 is 66.6 Å². The summed E-state index contributed by atoms with van der Waals surface area (Å²) in [5.41, 5.74) is 0.259. The highest BCUT2D eigenvalue weighted by Crippen LogP contribution is 2.33. The van der Waals surface area contributed by atoms with Crippen LogP contribution >= 0.6 is 0 Å². The highest BCUT2D eigenvalue weighted by molar-refractivity contribution is 5.73. The van der Waals surface area contributed by atoms with Crippen molar-refractivity contribution >= 4 is 5.97 Å². The van der Waals surface area contributed by atoms with Crippen molar-refractivity contribution in [2.24, 2.45) is 0 Å². The molecule has 3 aromatic rings. The lowest BCUT2D eigenvalue weighted by Crippen LogP contribution is -2.60. The zero-order valence-corrected chi connectivity index (χ0v) is 19.8. The summed E-state index contributed by atoms with van der Waals surface area (Å²) in [6.07, 6.45) is -6.93. The van der Waals surface area contributed by atoms with E-state index in [9.17, 15) is 38.4 Å². The van der Waals surface area contributed by atoms with Crippen LogP contribution in [0.5, 0.6) is 5.75 Å². The van der Waals surface area contributed by atoms with Gasteiger partial charge in [0.15, 0.2) is 23.6 Å². The van der Waals surface area contributed by atoms with Crippen molar-refractivity contribution in [3.05, 3.63) is 65.6 Å². The molecular weight excluding hydrogens is 515 g/mol. The van der Waals surface area contributed by atoms with Gasteiger partial charge in [0, 0.05) is 5.56 Å². The van der Waals surface area contributed by atoms with Crippen molar-refractivity contribution in [3.8, 4) is 17.0 Å². The molecule has 3 unspecified atom stereocenters. The summed E-state index contributed by atoms with van der Waals surface area (Å²) in [6, 6.07) is 6.62. The highest BCUT2D eigenvalue weighted by atomic mass is 19.2. The second-order valence-electron chi connectivity index (χ2n) is 8.55. The number of nitrogens with zero attached hydrogens (tertiary/aromatic N) is 3. The van der Waals surface area contributed by atoms with Crippen molar-refractivity contribution in [3.63, 3.8) is 0 Å². The SMILES string of the molecule is COc1cccc(CO[C@H](C(=O)O)[C@@H]2OC(CO)[C@H](O)C(n3cc(-c4cc(F)c(F)c(F)c4)nn3)C2O)c1. The summed E-state index contributed by atoms with van der Waals surface area (Å²) < 4.78 is 57.9. The molecule has 204 valence electrons. The van der Waals surface area contributed by atoms with Gasteiger partial charge in [-0.3, -0.25) is 0 Å². The van der Waals surface area contributed by atoms with Crippen molar-refractivity contribution in [1.29, 1.82) is 0 Å². The Balaban J connectivity index is 1.61. The Labute approximate surface area is 213 Å². The van der Waals surface area contributed by atoms with E-state index in [4.69, 9.17) is 14.2 Å². The van der Waals surface area contributed by atoms with Crippen LogP contribution in [0.4, 0.5) is 13.2 Å². The van der Waals surface area contributed by atoms with Gasteiger partial charge >= 0.3 is 5.97 Å². The molecule has 1 aliphatic rings. The lowest BCUT2D eigenvalue weighted by atomic mass is 9.90. The van der Waals surface area contributed by atoms with Gasteiger partial charge in [0.25, 0.3) is 0 Å². The molecule has 4 rings (SSSR count). The third kappa shape index (κ3) is 5.49. The molecule has 14 heteroatoms. The molecule has 0 bridgehead atoms. The van der Waals surface area contributed by atoms with Crippen LogP contribution in [0.1, 0.15) is 11.6 Å². The topological polar surface area (TPSA) is 156 Å². The molecule has 11 nitrogen and oxygen atoms in total. The molecule has 0 saturated carbocycles. The maximum absolute atomic E-state index is 13.7. The number of carbonyl (C=O) groups is 1. The van der Waals surface area contributed by atoms with E-state index in [0.29, 0.717) is 23.4 Å². The van der Waals surface area contributed by atoms with Crippen LogP contribution in [-0.4, -0.2) is 85.6 Å². The monoisotopic (exact) mass is 539 g/mol. The van der Waals surface area contributed by atoms with Crippen molar-refractivity contribution in [1.82, 2.24) is 15.0 Å². The van der Waals surface area contributed by atoms with Gasteiger partial charge in [-0.05, 0) is 29.8 Å². The third-order valence-corrected chi connectivity index (χ3v) is 6.13. The summed E-state index contributed by atoms with van der Waals surface area (Å²) in [5.74, 6) is -5.56. The summed E-state index contributed by atoms with van der Waals surface area (Å²) in [6.45, 7) is -0.952. The number of carboxylic acid groups (broad SMARTS) is 1. The number of hydrogen-bond acceptors (Lipinski definition) is 9. The number of carboxylic acids is 1. The summed E-state index contributed by atoms with van der Waals surface area (Å²) >= 11 is 0. The first-order valence-corrected chi connectivity index (χ1v) is 11.3. The molecule has 38 heavy (non-hydrogen) atoms. The third-order valence-electron chi connectivity index (χ3n) is 6.13. The van der Waals surface area contributed by atoms with Gasteiger partial charge in [-0.2, -0.15) is 0 Å². The first-order chi connectivity index (χ1) is 18.1. The fourth-order valence-corrected chi connectivity index (χ4v) is 4.21. The van der Waals surface area contributed by atoms with Crippen LogP contribution < -0.4 is 4.74 Å². The van der Waals surface area contributed by atoms with E-state index in [0.717, 1.165) is 10.9 Å². The van der Waals surface area contributed by atoms with Crippen LogP contribution in [-0.2, 0) is 20.9 Å². The van der Waals surface area contributed by atoms with Gasteiger partial charge in [0.05, 0.1) is 26.5 Å². The second-order valence-corrected chi connectivity index (χ2v) is 8.55. The number of halogens is 3. The predicted octanol–water partition coefficient (Wildman–Crippen LogP) is 1.06. The number of benzene rings is 2. The molecule has 1 fully saturated rings. The molecule has 4 N–H and O–H groups in total. The van der Waals surface area contributed by atoms with E-state index >= 15 is 0 Å². The maximum Gasteiger partial charge on any atom is 0.335 e. The molecule has 1 aliphatic heterocycles. The van der Waals surface area contributed by atoms with Crippen LogP contribution in [0.15, 0.2) is 42.6 Å². The van der Waals surface area contributed by atoms with E-state index in [-0.39, 0.29) is 17.9 Å². The van der Waals surface area contributed by atoms with Gasteiger partial charge < -0.3 is 34.6 Å². The Hall–Kier alpha value is -3.56. The Morgan fingerprint density at radius 2 is 1.87 bits per heavy atom. The second kappa shape index (κ2) is 11.4. The minimum atomic E-state index is -1.75. The average molecular weight is 539 g/mol. The molecular formula is C24H24F3N3O8. The van der Waals surface area contributed by atoms with Crippen molar-refractivity contribution in [2.75, 3.05) is 13.7 Å². The minimum absolute atomic E-state index is 0.130. The molecule has 2 heterocycles. The van der Waals surface area contributed by atoms with E-state index in [2.05, 4.69) is 10.3 Å². The fourth-order valence-electron chi connectivity index (χ4n) is 4.21. The number of aromatic nitrogens is 3. The largest absolute Gasteiger partial charge is 0.497 e. The van der Waals surface area contributed by atoms with Gasteiger partial charge in [0.2, 0.25) is 0 Å². The first kappa shape index (κ1) is 27.5. The molecule has 6 atom stereocenters. The van der Waals surface area contributed by atoms with Crippen LogP contribution in [0.2, 0.25) is 0 Å². The minimum Gasteiger partial charge on any atom is -0.497 e. The molecule has 2 aromatic carbocycles.